The van der Waals surface area contributed by atoms with Gasteiger partial charge in [0.15, 0.2) is 0 Å². The molecule has 1 aromatic carbocycles. The lowest BCUT2D eigenvalue weighted by molar-refractivity contribution is 0.350. The van der Waals surface area contributed by atoms with E-state index in [4.69, 9.17) is 0 Å². The van der Waals surface area contributed by atoms with Gasteiger partial charge in [0.2, 0.25) is 0 Å². The highest BCUT2D eigenvalue weighted by molar-refractivity contribution is 9.10. The van der Waals surface area contributed by atoms with Crippen LogP contribution in [0.15, 0.2) is 28.7 Å². The summed E-state index contributed by atoms with van der Waals surface area (Å²) >= 11 is 3.47. The van der Waals surface area contributed by atoms with Crippen molar-refractivity contribution in [1.82, 2.24) is 5.32 Å². The monoisotopic (exact) mass is 281 g/mol. The summed E-state index contributed by atoms with van der Waals surface area (Å²) in [6, 6.07) is 9.62. The van der Waals surface area contributed by atoms with Gasteiger partial charge in [-0.15, -0.1) is 0 Å². The quantitative estimate of drug-likeness (QED) is 0.868. The molecule has 16 heavy (non-hydrogen) atoms. The van der Waals surface area contributed by atoms with Crippen molar-refractivity contribution in [3.05, 3.63) is 34.3 Å². The van der Waals surface area contributed by atoms with Gasteiger partial charge in [0, 0.05) is 16.6 Å². The maximum Gasteiger partial charge on any atom is 0.0294 e. The Bertz CT molecular complexity index is 354. The first-order chi connectivity index (χ1) is 7.51. The zero-order chi connectivity index (χ0) is 11.8. The van der Waals surface area contributed by atoms with E-state index in [0.29, 0.717) is 17.5 Å². The fraction of sp³-hybridized carbons (Fsp3) is 0.571. The van der Waals surface area contributed by atoms with Gasteiger partial charge in [-0.2, -0.15) is 0 Å². The number of rotatable bonds is 4. The molecule has 0 aromatic heterocycles. The van der Waals surface area contributed by atoms with Crippen molar-refractivity contribution >= 4 is 15.9 Å². The largest absolute Gasteiger partial charge is 0.307 e. The van der Waals surface area contributed by atoms with E-state index in [2.05, 4.69) is 66.3 Å². The molecule has 0 radical (unpaired) electrons. The number of nitrogens with one attached hydrogen (secondary N) is 1. The molecule has 0 aliphatic heterocycles. The smallest absolute Gasteiger partial charge is 0.0294 e. The molecule has 2 heteroatoms. The molecule has 1 N–H and O–H groups in total. The second-order valence-corrected chi connectivity index (χ2v) is 6.23. The molecule has 1 saturated carbocycles. The van der Waals surface area contributed by atoms with Crippen LogP contribution >= 0.6 is 15.9 Å². The zero-order valence-corrected chi connectivity index (χ0v) is 11.8. The number of hydrogen-bond donors (Lipinski definition) is 1. The maximum absolute atomic E-state index is 3.70. The molecule has 1 unspecified atom stereocenters. The highest BCUT2D eigenvalue weighted by Gasteiger charge is 2.42. The van der Waals surface area contributed by atoms with Crippen LogP contribution in [0.3, 0.4) is 0 Å². The van der Waals surface area contributed by atoms with Gasteiger partial charge < -0.3 is 5.32 Å². The first kappa shape index (κ1) is 12.1. The Labute approximate surface area is 107 Å². The Kier molecular flexibility index (Phi) is 3.41. The van der Waals surface area contributed by atoms with Gasteiger partial charge in [-0.1, -0.05) is 35.0 Å². The highest BCUT2D eigenvalue weighted by atomic mass is 79.9. The average molecular weight is 282 g/mol. The molecule has 1 aliphatic carbocycles. The zero-order valence-electron chi connectivity index (χ0n) is 10.3. The maximum atomic E-state index is 3.70. The van der Waals surface area contributed by atoms with E-state index in [1.165, 1.54) is 18.4 Å². The van der Waals surface area contributed by atoms with Gasteiger partial charge in [0.1, 0.15) is 0 Å². The number of benzene rings is 1. The van der Waals surface area contributed by atoms with Crippen LogP contribution in [-0.2, 0) is 0 Å². The van der Waals surface area contributed by atoms with Crippen molar-refractivity contribution in [2.75, 3.05) is 0 Å². The van der Waals surface area contributed by atoms with Crippen molar-refractivity contribution in [3.63, 3.8) is 0 Å². The Balaban J connectivity index is 1.97. The van der Waals surface area contributed by atoms with Crippen LogP contribution in [0.25, 0.3) is 0 Å². The molecule has 1 aromatic rings. The molecule has 88 valence electrons. The van der Waals surface area contributed by atoms with E-state index in [0.717, 1.165) is 4.47 Å². The topological polar surface area (TPSA) is 12.0 Å². The van der Waals surface area contributed by atoms with Crippen LogP contribution in [0.5, 0.6) is 0 Å². The molecular formula is C14H20BrN. The van der Waals surface area contributed by atoms with E-state index in [1.54, 1.807) is 0 Å². The Hall–Kier alpha value is -0.340. The van der Waals surface area contributed by atoms with Crippen LogP contribution in [0.4, 0.5) is 0 Å². The predicted octanol–water partition coefficient (Wildman–Crippen LogP) is 4.29. The SMILES string of the molecule is CC(N[C@H](C)c1ccc(Br)cc1)C1(C)CC1. The molecule has 1 fully saturated rings. The first-order valence-electron chi connectivity index (χ1n) is 6.03. The molecule has 2 rings (SSSR count). The minimum Gasteiger partial charge on any atom is -0.307 e. The summed E-state index contributed by atoms with van der Waals surface area (Å²) < 4.78 is 1.14. The second-order valence-electron chi connectivity index (χ2n) is 5.32. The standard InChI is InChI=1S/C14H20BrN/c1-10(12-4-6-13(15)7-5-12)16-11(2)14(3)8-9-14/h4-7,10-11,16H,8-9H2,1-3H3/t10-,11?/m1/s1. The minimum atomic E-state index is 0.431. The summed E-state index contributed by atoms with van der Waals surface area (Å²) in [7, 11) is 0. The summed E-state index contributed by atoms with van der Waals surface area (Å²) in [5.74, 6) is 0. The van der Waals surface area contributed by atoms with E-state index in [9.17, 15) is 0 Å². The summed E-state index contributed by atoms with van der Waals surface area (Å²) in [6.07, 6.45) is 2.74. The van der Waals surface area contributed by atoms with Crippen molar-refractivity contribution in [2.24, 2.45) is 5.41 Å². The van der Waals surface area contributed by atoms with Crippen LogP contribution in [0, 0.1) is 5.41 Å². The van der Waals surface area contributed by atoms with Gasteiger partial charge in [0.25, 0.3) is 0 Å². The molecule has 0 spiro atoms. The predicted molar refractivity (Wildman–Crippen MR) is 72.5 cm³/mol. The lowest BCUT2D eigenvalue weighted by Gasteiger charge is -2.25. The third-order valence-electron chi connectivity index (χ3n) is 3.95. The molecular weight excluding hydrogens is 262 g/mol. The third-order valence-corrected chi connectivity index (χ3v) is 4.48. The molecule has 1 nitrogen and oxygen atoms in total. The van der Waals surface area contributed by atoms with Crippen molar-refractivity contribution in [3.8, 4) is 0 Å². The lowest BCUT2D eigenvalue weighted by Crippen LogP contribution is -2.35. The highest BCUT2D eigenvalue weighted by Crippen LogP contribution is 2.48. The average Bonchev–Trinajstić information content (AvgIpc) is 2.99. The van der Waals surface area contributed by atoms with Crippen molar-refractivity contribution in [1.29, 1.82) is 0 Å². The number of hydrogen-bond acceptors (Lipinski definition) is 1. The molecule has 0 saturated heterocycles. The van der Waals surface area contributed by atoms with Crippen molar-refractivity contribution in [2.45, 2.75) is 45.7 Å². The van der Waals surface area contributed by atoms with Crippen molar-refractivity contribution < 1.29 is 0 Å². The molecule has 0 bridgehead atoms. The summed E-state index contributed by atoms with van der Waals surface area (Å²) in [4.78, 5) is 0. The Morgan fingerprint density at radius 1 is 1.19 bits per heavy atom. The van der Waals surface area contributed by atoms with E-state index >= 15 is 0 Å². The van der Waals surface area contributed by atoms with E-state index in [1.807, 2.05) is 0 Å². The lowest BCUT2D eigenvalue weighted by atomic mass is 9.98. The first-order valence-corrected chi connectivity index (χ1v) is 6.82. The molecule has 0 heterocycles. The van der Waals surface area contributed by atoms with Gasteiger partial charge in [0.05, 0.1) is 0 Å². The molecule has 2 atom stereocenters. The summed E-state index contributed by atoms with van der Waals surface area (Å²) in [5, 5.41) is 3.70. The van der Waals surface area contributed by atoms with Gasteiger partial charge in [-0.05, 0) is 49.8 Å². The summed E-state index contributed by atoms with van der Waals surface area (Å²) in [6.45, 7) is 6.92. The fourth-order valence-corrected chi connectivity index (χ4v) is 2.32. The Morgan fingerprint density at radius 3 is 2.25 bits per heavy atom. The van der Waals surface area contributed by atoms with Gasteiger partial charge in [-0.3, -0.25) is 0 Å². The third kappa shape index (κ3) is 2.67. The van der Waals surface area contributed by atoms with Crippen LogP contribution in [0.2, 0.25) is 0 Å². The molecule has 0 amide bonds. The Morgan fingerprint density at radius 2 is 1.75 bits per heavy atom. The second kappa shape index (κ2) is 4.50. The normalized spacial score (nSPS) is 21.5. The van der Waals surface area contributed by atoms with Crippen LogP contribution in [-0.4, -0.2) is 6.04 Å². The van der Waals surface area contributed by atoms with Crippen LogP contribution in [0.1, 0.15) is 45.2 Å². The van der Waals surface area contributed by atoms with E-state index < -0.39 is 0 Å². The molecule has 1 aliphatic rings. The summed E-state index contributed by atoms with van der Waals surface area (Å²) in [5.41, 5.74) is 1.91. The number of halogens is 1. The van der Waals surface area contributed by atoms with Crippen LogP contribution < -0.4 is 5.32 Å². The minimum absolute atomic E-state index is 0.431. The van der Waals surface area contributed by atoms with Gasteiger partial charge in [-0.25, -0.2) is 0 Å². The van der Waals surface area contributed by atoms with E-state index in [-0.39, 0.29) is 0 Å². The van der Waals surface area contributed by atoms with Gasteiger partial charge >= 0.3 is 0 Å². The fourth-order valence-electron chi connectivity index (χ4n) is 2.05.